The molecular formula is C15H24NO6PS. The van der Waals surface area contributed by atoms with Crippen molar-refractivity contribution in [1.82, 2.24) is 4.31 Å². The standard InChI is InChI=1S/C15H24NO6PS/c1-4-21-23(17,22-5-2)14-12-13(3)6-7-15(14)24(18,19)16-8-10-20-11-9-16/h6-7,12H,4-5,8-11H2,1-3H3. The van der Waals surface area contributed by atoms with Crippen LogP contribution in [-0.2, 0) is 28.4 Å². The Morgan fingerprint density at radius 2 is 1.75 bits per heavy atom. The minimum atomic E-state index is -3.81. The first-order valence-electron chi connectivity index (χ1n) is 7.93. The van der Waals surface area contributed by atoms with Crippen molar-refractivity contribution in [2.45, 2.75) is 25.7 Å². The van der Waals surface area contributed by atoms with Crippen LogP contribution < -0.4 is 5.30 Å². The molecule has 2 rings (SSSR count). The quantitative estimate of drug-likeness (QED) is 0.675. The maximum Gasteiger partial charge on any atom is 0.362 e. The summed E-state index contributed by atoms with van der Waals surface area (Å²) >= 11 is 0. The lowest BCUT2D eigenvalue weighted by Gasteiger charge is -2.28. The maximum atomic E-state index is 13.2. The normalized spacial score (nSPS) is 17.1. The largest absolute Gasteiger partial charge is 0.379 e. The van der Waals surface area contributed by atoms with E-state index in [4.69, 9.17) is 13.8 Å². The Hall–Kier alpha value is -0.760. The van der Waals surface area contributed by atoms with Gasteiger partial charge in [-0.3, -0.25) is 4.57 Å². The fourth-order valence-corrected chi connectivity index (χ4v) is 6.39. The molecule has 1 fully saturated rings. The zero-order valence-electron chi connectivity index (χ0n) is 14.2. The van der Waals surface area contributed by atoms with Crippen LogP contribution >= 0.6 is 7.60 Å². The van der Waals surface area contributed by atoms with Crippen LogP contribution in [0, 0.1) is 6.92 Å². The van der Waals surface area contributed by atoms with E-state index < -0.39 is 17.6 Å². The van der Waals surface area contributed by atoms with Gasteiger partial charge in [0.05, 0.1) is 36.6 Å². The Morgan fingerprint density at radius 3 is 2.29 bits per heavy atom. The molecule has 136 valence electrons. The second-order valence-corrected chi connectivity index (χ2v) is 9.22. The summed E-state index contributed by atoms with van der Waals surface area (Å²) in [6.07, 6.45) is 0. The summed E-state index contributed by atoms with van der Waals surface area (Å²) in [6, 6.07) is 4.72. The van der Waals surface area contributed by atoms with E-state index in [9.17, 15) is 13.0 Å². The van der Waals surface area contributed by atoms with Gasteiger partial charge in [-0.1, -0.05) is 11.6 Å². The van der Waals surface area contributed by atoms with Crippen LogP contribution in [0.5, 0.6) is 0 Å². The van der Waals surface area contributed by atoms with Gasteiger partial charge in [0.1, 0.15) is 0 Å². The third-order valence-corrected chi connectivity index (χ3v) is 7.86. The van der Waals surface area contributed by atoms with Crippen LogP contribution in [0.25, 0.3) is 0 Å². The van der Waals surface area contributed by atoms with Crippen molar-refractivity contribution in [1.29, 1.82) is 0 Å². The molecule has 0 atom stereocenters. The third-order valence-electron chi connectivity index (χ3n) is 3.60. The van der Waals surface area contributed by atoms with Gasteiger partial charge < -0.3 is 13.8 Å². The van der Waals surface area contributed by atoms with Crippen molar-refractivity contribution in [3.05, 3.63) is 23.8 Å². The first kappa shape index (κ1) is 19.6. The summed E-state index contributed by atoms with van der Waals surface area (Å²) in [5.41, 5.74) is 0.783. The number of morpholine rings is 1. The molecule has 1 aliphatic rings. The Morgan fingerprint density at radius 1 is 1.17 bits per heavy atom. The number of ether oxygens (including phenoxy) is 1. The molecule has 1 aliphatic heterocycles. The van der Waals surface area contributed by atoms with Crippen LogP contribution in [0.2, 0.25) is 0 Å². The van der Waals surface area contributed by atoms with Crippen LogP contribution in [0.4, 0.5) is 0 Å². The van der Waals surface area contributed by atoms with Crippen molar-refractivity contribution < 1.29 is 26.8 Å². The lowest BCUT2D eigenvalue weighted by Crippen LogP contribution is -2.42. The first-order valence-corrected chi connectivity index (χ1v) is 10.9. The van der Waals surface area contributed by atoms with Gasteiger partial charge >= 0.3 is 7.60 Å². The maximum absolute atomic E-state index is 13.2. The van der Waals surface area contributed by atoms with E-state index in [-0.39, 0.29) is 36.5 Å². The number of rotatable bonds is 7. The molecule has 0 aromatic heterocycles. The average Bonchev–Trinajstić information content (AvgIpc) is 2.56. The zero-order chi connectivity index (χ0) is 17.8. The van der Waals surface area contributed by atoms with Gasteiger partial charge in [-0.05, 0) is 32.9 Å². The molecule has 0 spiro atoms. The highest BCUT2D eigenvalue weighted by Crippen LogP contribution is 2.48. The second kappa shape index (κ2) is 8.08. The summed E-state index contributed by atoms with van der Waals surface area (Å²) in [7, 11) is -7.53. The summed E-state index contributed by atoms with van der Waals surface area (Å²) in [5.74, 6) is 0. The van der Waals surface area contributed by atoms with Crippen LogP contribution in [0.15, 0.2) is 23.1 Å². The van der Waals surface area contributed by atoms with Crippen LogP contribution in [-0.4, -0.2) is 52.2 Å². The van der Waals surface area contributed by atoms with E-state index in [0.29, 0.717) is 13.2 Å². The Labute approximate surface area is 143 Å². The van der Waals surface area contributed by atoms with Gasteiger partial charge in [0.2, 0.25) is 10.0 Å². The number of sulfonamides is 1. The molecule has 0 bridgehead atoms. The number of nitrogens with zero attached hydrogens (tertiary/aromatic N) is 1. The summed E-state index contributed by atoms with van der Waals surface area (Å²) in [4.78, 5) is -0.0276. The molecule has 9 heteroatoms. The molecule has 1 heterocycles. The molecule has 7 nitrogen and oxygen atoms in total. The second-order valence-electron chi connectivity index (χ2n) is 5.32. The first-order chi connectivity index (χ1) is 11.3. The fourth-order valence-electron chi connectivity index (χ4n) is 2.50. The smallest absolute Gasteiger partial charge is 0.362 e. The zero-order valence-corrected chi connectivity index (χ0v) is 15.9. The topological polar surface area (TPSA) is 82.1 Å². The molecule has 24 heavy (non-hydrogen) atoms. The molecule has 1 aromatic rings. The lowest BCUT2D eigenvalue weighted by molar-refractivity contribution is 0.0730. The highest BCUT2D eigenvalue weighted by molar-refractivity contribution is 7.90. The fraction of sp³-hybridized carbons (Fsp3) is 0.600. The minimum absolute atomic E-state index is 0.0276. The monoisotopic (exact) mass is 377 g/mol. The number of hydrogen-bond acceptors (Lipinski definition) is 6. The van der Waals surface area contributed by atoms with Crippen molar-refractivity contribution in [2.75, 3.05) is 39.5 Å². The average molecular weight is 377 g/mol. The van der Waals surface area contributed by atoms with Gasteiger partial charge in [-0.25, -0.2) is 8.42 Å². The molecule has 0 amide bonds. The van der Waals surface area contributed by atoms with Gasteiger partial charge in [0.15, 0.2) is 0 Å². The van der Waals surface area contributed by atoms with Crippen molar-refractivity contribution >= 4 is 22.9 Å². The molecule has 0 unspecified atom stereocenters. The molecule has 1 aromatic carbocycles. The van der Waals surface area contributed by atoms with E-state index in [1.165, 1.54) is 10.4 Å². The minimum Gasteiger partial charge on any atom is -0.379 e. The molecule has 0 N–H and O–H groups in total. The number of benzene rings is 1. The van der Waals surface area contributed by atoms with Gasteiger partial charge in [0, 0.05) is 13.1 Å². The van der Waals surface area contributed by atoms with Crippen LogP contribution in [0.1, 0.15) is 19.4 Å². The Kier molecular flexibility index (Phi) is 6.59. The number of hydrogen-bond donors (Lipinski definition) is 0. The predicted molar refractivity (Wildman–Crippen MR) is 91.2 cm³/mol. The van der Waals surface area contributed by atoms with Gasteiger partial charge in [0.25, 0.3) is 0 Å². The van der Waals surface area contributed by atoms with Crippen LogP contribution in [0.3, 0.4) is 0 Å². The Balaban J connectivity index is 2.56. The summed E-state index contributed by atoms with van der Waals surface area (Å²) in [5, 5.41) is 0.0951. The van der Waals surface area contributed by atoms with Gasteiger partial charge in [-0.15, -0.1) is 0 Å². The van der Waals surface area contributed by atoms with E-state index in [2.05, 4.69) is 0 Å². The van der Waals surface area contributed by atoms with Gasteiger partial charge in [-0.2, -0.15) is 4.31 Å². The van der Waals surface area contributed by atoms with E-state index in [1.54, 1.807) is 32.9 Å². The van der Waals surface area contributed by atoms with Crippen molar-refractivity contribution in [3.63, 3.8) is 0 Å². The molecule has 0 aliphatic carbocycles. The number of aryl methyl sites for hydroxylation is 1. The molecule has 0 radical (unpaired) electrons. The van der Waals surface area contributed by atoms with Crippen molar-refractivity contribution in [3.8, 4) is 0 Å². The highest BCUT2D eigenvalue weighted by atomic mass is 32.2. The SMILES string of the molecule is CCOP(=O)(OCC)c1cc(C)ccc1S(=O)(=O)N1CCOCC1. The highest BCUT2D eigenvalue weighted by Gasteiger charge is 2.37. The predicted octanol–water partition coefficient (Wildman–Crippen LogP) is 1.91. The third kappa shape index (κ3) is 4.07. The van der Waals surface area contributed by atoms with E-state index >= 15 is 0 Å². The Bertz CT molecular complexity index is 705. The molecular weight excluding hydrogens is 353 g/mol. The summed E-state index contributed by atoms with van der Waals surface area (Å²) < 4.78 is 56.5. The molecule has 0 saturated carbocycles. The summed E-state index contributed by atoms with van der Waals surface area (Å²) in [6.45, 7) is 6.72. The molecule has 1 saturated heterocycles. The van der Waals surface area contributed by atoms with Crippen molar-refractivity contribution in [2.24, 2.45) is 0 Å². The lowest BCUT2D eigenvalue weighted by atomic mass is 10.2. The van der Waals surface area contributed by atoms with E-state index in [1.807, 2.05) is 0 Å². The van der Waals surface area contributed by atoms with E-state index in [0.717, 1.165) is 5.56 Å².